The number of nitrogens with zero attached hydrogens (tertiary/aromatic N) is 2. The standard InChI is InChI=1S/C13H20N2O2/c1-3-11-8-13(17)15(9-11)12-4-6-14(7-5-12)10(2)16/h3,11-12H,1,4-9H2,2H3. The van der Waals surface area contributed by atoms with Gasteiger partial charge in [-0.15, -0.1) is 6.58 Å². The molecule has 94 valence electrons. The van der Waals surface area contributed by atoms with Crippen molar-refractivity contribution in [3.05, 3.63) is 12.7 Å². The van der Waals surface area contributed by atoms with E-state index < -0.39 is 0 Å². The third-order valence-corrected chi connectivity index (χ3v) is 3.87. The van der Waals surface area contributed by atoms with Crippen LogP contribution in [0.3, 0.4) is 0 Å². The highest BCUT2D eigenvalue weighted by molar-refractivity contribution is 5.79. The molecule has 2 amide bonds. The van der Waals surface area contributed by atoms with Crippen LogP contribution in [0.1, 0.15) is 26.2 Å². The topological polar surface area (TPSA) is 40.6 Å². The van der Waals surface area contributed by atoms with Crippen LogP contribution in [-0.2, 0) is 9.59 Å². The first-order chi connectivity index (χ1) is 8.11. The van der Waals surface area contributed by atoms with Crippen molar-refractivity contribution in [3.8, 4) is 0 Å². The molecule has 0 aromatic heterocycles. The van der Waals surface area contributed by atoms with Crippen LogP contribution < -0.4 is 0 Å². The lowest BCUT2D eigenvalue weighted by molar-refractivity contribution is -0.133. The van der Waals surface area contributed by atoms with Crippen LogP contribution in [0.4, 0.5) is 0 Å². The Morgan fingerprint density at radius 3 is 2.53 bits per heavy atom. The van der Waals surface area contributed by atoms with Gasteiger partial charge in [-0.05, 0) is 12.8 Å². The third-order valence-electron chi connectivity index (χ3n) is 3.87. The summed E-state index contributed by atoms with van der Waals surface area (Å²) in [6.45, 7) is 7.74. The van der Waals surface area contributed by atoms with Gasteiger partial charge in [0, 0.05) is 44.9 Å². The molecule has 2 saturated heterocycles. The lowest BCUT2D eigenvalue weighted by Gasteiger charge is -2.36. The molecule has 1 unspecified atom stereocenters. The second kappa shape index (κ2) is 4.90. The van der Waals surface area contributed by atoms with E-state index in [4.69, 9.17) is 0 Å². The Morgan fingerprint density at radius 1 is 1.41 bits per heavy atom. The lowest BCUT2D eigenvalue weighted by Crippen LogP contribution is -2.46. The van der Waals surface area contributed by atoms with Gasteiger partial charge < -0.3 is 9.80 Å². The van der Waals surface area contributed by atoms with Gasteiger partial charge in [-0.3, -0.25) is 9.59 Å². The molecule has 4 nitrogen and oxygen atoms in total. The number of amides is 2. The maximum atomic E-state index is 11.9. The molecule has 2 rings (SSSR count). The van der Waals surface area contributed by atoms with Gasteiger partial charge in [0.05, 0.1) is 0 Å². The summed E-state index contributed by atoms with van der Waals surface area (Å²) in [5.41, 5.74) is 0. The molecule has 0 aliphatic carbocycles. The van der Waals surface area contributed by atoms with E-state index in [1.54, 1.807) is 6.92 Å². The van der Waals surface area contributed by atoms with Crippen LogP contribution in [0.5, 0.6) is 0 Å². The van der Waals surface area contributed by atoms with Crippen LogP contribution in [0.15, 0.2) is 12.7 Å². The van der Waals surface area contributed by atoms with E-state index in [0.29, 0.717) is 18.4 Å². The Hall–Kier alpha value is -1.32. The summed E-state index contributed by atoms with van der Waals surface area (Å²) in [5.74, 6) is 0.699. The van der Waals surface area contributed by atoms with E-state index >= 15 is 0 Å². The van der Waals surface area contributed by atoms with Gasteiger partial charge >= 0.3 is 0 Å². The monoisotopic (exact) mass is 236 g/mol. The van der Waals surface area contributed by atoms with Crippen molar-refractivity contribution in [2.24, 2.45) is 5.92 Å². The Balaban J connectivity index is 1.91. The minimum absolute atomic E-state index is 0.139. The number of carbonyl (C=O) groups is 2. The molecule has 17 heavy (non-hydrogen) atoms. The Morgan fingerprint density at radius 2 is 2.06 bits per heavy atom. The summed E-state index contributed by atoms with van der Waals surface area (Å²) in [4.78, 5) is 26.9. The van der Waals surface area contributed by atoms with Gasteiger partial charge in [-0.25, -0.2) is 0 Å². The molecular weight excluding hydrogens is 216 g/mol. The maximum absolute atomic E-state index is 11.9. The first-order valence-electron chi connectivity index (χ1n) is 6.29. The number of hydrogen-bond acceptors (Lipinski definition) is 2. The van der Waals surface area contributed by atoms with Crippen LogP contribution in [0.25, 0.3) is 0 Å². The fourth-order valence-corrected chi connectivity index (χ4v) is 2.76. The molecule has 0 N–H and O–H groups in total. The molecule has 2 aliphatic rings. The highest BCUT2D eigenvalue weighted by Gasteiger charge is 2.34. The highest BCUT2D eigenvalue weighted by Crippen LogP contribution is 2.25. The van der Waals surface area contributed by atoms with Crippen molar-refractivity contribution >= 4 is 11.8 Å². The normalized spacial score (nSPS) is 26.4. The number of hydrogen-bond donors (Lipinski definition) is 0. The zero-order chi connectivity index (χ0) is 12.4. The molecule has 1 atom stereocenters. The van der Waals surface area contributed by atoms with Gasteiger partial charge in [0.25, 0.3) is 0 Å². The molecule has 0 saturated carbocycles. The fraction of sp³-hybridized carbons (Fsp3) is 0.692. The second-order valence-electron chi connectivity index (χ2n) is 4.98. The molecule has 4 heteroatoms. The molecular formula is C13H20N2O2. The molecule has 2 aliphatic heterocycles. The van der Waals surface area contributed by atoms with E-state index in [-0.39, 0.29) is 11.8 Å². The fourth-order valence-electron chi connectivity index (χ4n) is 2.76. The van der Waals surface area contributed by atoms with Gasteiger partial charge in [0.2, 0.25) is 11.8 Å². The number of rotatable bonds is 2. The van der Waals surface area contributed by atoms with Gasteiger partial charge in [0.1, 0.15) is 0 Å². The largest absolute Gasteiger partial charge is 0.343 e. The summed E-state index contributed by atoms with van der Waals surface area (Å²) in [7, 11) is 0. The summed E-state index contributed by atoms with van der Waals surface area (Å²) >= 11 is 0. The molecule has 0 aromatic carbocycles. The highest BCUT2D eigenvalue weighted by atomic mass is 16.2. The second-order valence-corrected chi connectivity index (χ2v) is 4.98. The molecule has 0 aromatic rings. The molecule has 2 heterocycles. The van der Waals surface area contributed by atoms with Gasteiger partial charge in [-0.2, -0.15) is 0 Å². The average molecular weight is 236 g/mol. The van der Waals surface area contributed by atoms with Crippen LogP contribution in [-0.4, -0.2) is 47.3 Å². The predicted octanol–water partition coefficient (Wildman–Crippen LogP) is 1.03. The first-order valence-corrected chi connectivity index (χ1v) is 6.29. The summed E-state index contributed by atoms with van der Waals surface area (Å²) in [5, 5.41) is 0. The molecule has 2 fully saturated rings. The van der Waals surface area contributed by atoms with Crippen molar-refractivity contribution in [3.63, 3.8) is 0 Å². The van der Waals surface area contributed by atoms with Gasteiger partial charge in [-0.1, -0.05) is 6.08 Å². The summed E-state index contributed by atoms with van der Waals surface area (Å²) in [6.07, 6.45) is 4.31. The van der Waals surface area contributed by atoms with Gasteiger partial charge in [0.15, 0.2) is 0 Å². The summed E-state index contributed by atoms with van der Waals surface area (Å²) in [6, 6.07) is 0.322. The smallest absolute Gasteiger partial charge is 0.223 e. The maximum Gasteiger partial charge on any atom is 0.223 e. The molecule has 0 bridgehead atoms. The lowest BCUT2D eigenvalue weighted by atomic mass is 10.0. The Bertz CT molecular complexity index is 332. The van der Waals surface area contributed by atoms with E-state index in [0.717, 1.165) is 32.5 Å². The van der Waals surface area contributed by atoms with Crippen molar-refractivity contribution in [2.45, 2.75) is 32.2 Å². The third kappa shape index (κ3) is 2.51. The van der Waals surface area contributed by atoms with E-state index in [2.05, 4.69) is 6.58 Å². The van der Waals surface area contributed by atoms with Crippen LogP contribution >= 0.6 is 0 Å². The Kier molecular flexibility index (Phi) is 3.50. The molecule has 0 radical (unpaired) electrons. The minimum Gasteiger partial charge on any atom is -0.343 e. The number of likely N-dealkylation sites (tertiary alicyclic amines) is 2. The quantitative estimate of drug-likeness (QED) is 0.672. The van der Waals surface area contributed by atoms with Crippen LogP contribution in [0, 0.1) is 5.92 Å². The SMILES string of the molecule is C=CC1CC(=O)N(C2CCN(C(C)=O)CC2)C1. The Labute approximate surface area is 102 Å². The minimum atomic E-state index is 0.139. The van der Waals surface area contributed by atoms with E-state index in [1.165, 1.54) is 0 Å². The number of piperidine rings is 1. The van der Waals surface area contributed by atoms with Crippen molar-refractivity contribution in [1.29, 1.82) is 0 Å². The van der Waals surface area contributed by atoms with Crippen molar-refractivity contribution in [1.82, 2.24) is 9.80 Å². The zero-order valence-corrected chi connectivity index (χ0v) is 10.4. The van der Waals surface area contributed by atoms with Crippen LogP contribution in [0.2, 0.25) is 0 Å². The van der Waals surface area contributed by atoms with E-state index in [1.807, 2.05) is 15.9 Å². The zero-order valence-electron chi connectivity index (χ0n) is 10.4. The van der Waals surface area contributed by atoms with E-state index in [9.17, 15) is 9.59 Å². The van der Waals surface area contributed by atoms with Crippen molar-refractivity contribution in [2.75, 3.05) is 19.6 Å². The predicted molar refractivity (Wildman–Crippen MR) is 65.3 cm³/mol. The first kappa shape index (κ1) is 12.1. The number of carbonyl (C=O) groups excluding carboxylic acids is 2. The average Bonchev–Trinajstić information content (AvgIpc) is 2.71. The van der Waals surface area contributed by atoms with Crippen molar-refractivity contribution < 1.29 is 9.59 Å². The summed E-state index contributed by atoms with van der Waals surface area (Å²) < 4.78 is 0. The molecule has 0 spiro atoms.